The molecule has 1 heterocycles. The van der Waals surface area contributed by atoms with Crippen LogP contribution in [0.5, 0.6) is 0 Å². The van der Waals surface area contributed by atoms with Gasteiger partial charge in [0.25, 0.3) is 5.69 Å². The number of carbonyl (C=O) groups is 1. The molecule has 0 aliphatic carbocycles. The zero-order valence-electron chi connectivity index (χ0n) is 10.00. The van der Waals surface area contributed by atoms with E-state index in [1.165, 1.54) is 12.1 Å². The average Bonchev–Trinajstić information content (AvgIpc) is 2.37. The minimum atomic E-state index is -0.446. The van der Waals surface area contributed by atoms with E-state index in [0.29, 0.717) is 23.3 Å². The molecule has 98 valence electrons. The highest BCUT2D eigenvalue weighted by Gasteiger charge is 2.07. The number of hydrogen-bond acceptors (Lipinski definition) is 5. The summed E-state index contributed by atoms with van der Waals surface area (Å²) >= 11 is 0. The zero-order valence-corrected chi connectivity index (χ0v) is 10.00. The van der Waals surface area contributed by atoms with Crippen molar-refractivity contribution in [1.29, 1.82) is 0 Å². The van der Waals surface area contributed by atoms with Crippen LogP contribution in [0.25, 0.3) is 10.9 Å². The van der Waals surface area contributed by atoms with E-state index < -0.39 is 4.92 Å². The maximum Gasteiger partial charge on any atom is 0.270 e. The van der Waals surface area contributed by atoms with Crippen LogP contribution in [0.15, 0.2) is 30.3 Å². The Morgan fingerprint density at radius 3 is 2.84 bits per heavy atom. The van der Waals surface area contributed by atoms with Crippen molar-refractivity contribution < 1.29 is 9.72 Å². The van der Waals surface area contributed by atoms with Crippen molar-refractivity contribution in [3.63, 3.8) is 0 Å². The Morgan fingerprint density at radius 1 is 1.37 bits per heavy atom. The second-order valence-corrected chi connectivity index (χ2v) is 3.97. The van der Waals surface area contributed by atoms with E-state index in [-0.39, 0.29) is 18.0 Å². The molecule has 0 unspecified atom stereocenters. The third-order valence-corrected chi connectivity index (χ3v) is 2.56. The monoisotopic (exact) mass is 260 g/mol. The number of nitro groups is 1. The molecule has 1 amide bonds. The second-order valence-electron chi connectivity index (χ2n) is 3.97. The Bertz CT molecular complexity index is 642. The van der Waals surface area contributed by atoms with Gasteiger partial charge < -0.3 is 11.1 Å². The van der Waals surface area contributed by atoms with Gasteiger partial charge in [0.1, 0.15) is 5.82 Å². The number of carbonyl (C=O) groups excluding carboxylic acids is 1. The molecule has 7 heteroatoms. The molecule has 1 aromatic carbocycles. The van der Waals surface area contributed by atoms with Crippen molar-refractivity contribution in [1.82, 2.24) is 4.98 Å². The Hall–Kier alpha value is -2.70. The summed E-state index contributed by atoms with van der Waals surface area (Å²) in [5.41, 5.74) is 5.71. The van der Waals surface area contributed by atoms with E-state index in [2.05, 4.69) is 10.3 Å². The molecule has 0 radical (unpaired) electrons. The number of non-ortho nitro benzene ring substituents is 1. The van der Waals surface area contributed by atoms with Crippen molar-refractivity contribution in [2.45, 2.75) is 6.42 Å². The highest BCUT2D eigenvalue weighted by molar-refractivity contribution is 5.82. The van der Waals surface area contributed by atoms with Gasteiger partial charge in [0.15, 0.2) is 0 Å². The lowest BCUT2D eigenvalue weighted by Gasteiger charge is -2.05. The van der Waals surface area contributed by atoms with Crippen LogP contribution >= 0.6 is 0 Å². The first-order valence-corrected chi connectivity index (χ1v) is 5.63. The molecule has 7 nitrogen and oxygen atoms in total. The third kappa shape index (κ3) is 3.15. The molecule has 0 aliphatic heterocycles. The molecule has 1 aromatic heterocycles. The van der Waals surface area contributed by atoms with E-state index in [0.717, 1.165) is 0 Å². The van der Waals surface area contributed by atoms with Gasteiger partial charge >= 0.3 is 0 Å². The topological polar surface area (TPSA) is 111 Å². The number of pyridine rings is 1. The molecule has 0 spiro atoms. The van der Waals surface area contributed by atoms with Crippen LogP contribution in [-0.4, -0.2) is 22.4 Å². The lowest BCUT2D eigenvalue weighted by molar-refractivity contribution is -0.384. The van der Waals surface area contributed by atoms with E-state index in [9.17, 15) is 14.9 Å². The molecule has 19 heavy (non-hydrogen) atoms. The highest BCUT2D eigenvalue weighted by atomic mass is 16.6. The smallest absolute Gasteiger partial charge is 0.270 e. The van der Waals surface area contributed by atoms with Gasteiger partial charge in [0.05, 0.1) is 10.4 Å². The Labute approximate surface area is 108 Å². The van der Waals surface area contributed by atoms with Gasteiger partial charge in [0.2, 0.25) is 5.91 Å². The van der Waals surface area contributed by atoms with Gasteiger partial charge in [-0.05, 0) is 18.2 Å². The number of nitrogens with zero attached hydrogens (tertiary/aromatic N) is 2. The van der Waals surface area contributed by atoms with E-state index in [1.54, 1.807) is 18.2 Å². The fourth-order valence-electron chi connectivity index (χ4n) is 1.64. The van der Waals surface area contributed by atoms with Gasteiger partial charge in [-0.15, -0.1) is 0 Å². The Balaban J connectivity index is 2.19. The first kappa shape index (κ1) is 12.7. The van der Waals surface area contributed by atoms with Crippen molar-refractivity contribution >= 4 is 28.3 Å². The summed E-state index contributed by atoms with van der Waals surface area (Å²) in [6, 6.07) is 7.90. The molecule has 0 aliphatic rings. The van der Waals surface area contributed by atoms with Crippen molar-refractivity contribution in [3.05, 3.63) is 40.4 Å². The number of benzene rings is 1. The summed E-state index contributed by atoms with van der Waals surface area (Å²) in [7, 11) is 0. The Morgan fingerprint density at radius 2 is 2.16 bits per heavy atom. The summed E-state index contributed by atoms with van der Waals surface area (Å²) in [6.45, 7) is 0.404. The number of anilines is 1. The molecule has 2 rings (SSSR count). The van der Waals surface area contributed by atoms with Gasteiger partial charge in [-0.25, -0.2) is 4.98 Å². The summed E-state index contributed by atoms with van der Waals surface area (Å²) in [4.78, 5) is 25.1. The standard InChI is InChI=1S/C12H12N4O3/c13-11(17)5-6-14-12-4-1-8-7-9(16(18)19)2-3-10(8)15-12/h1-4,7H,5-6H2,(H2,13,17)(H,14,15). The molecular formula is C12H12N4O3. The number of nitro benzene ring substituents is 1. The van der Waals surface area contributed by atoms with Crippen LogP contribution in [0.1, 0.15) is 6.42 Å². The van der Waals surface area contributed by atoms with Crippen LogP contribution in [0.4, 0.5) is 11.5 Å². The maximum atomic E-state index is 10.6. The van der Waals surface area contributed by atoms with Crippen molar-refractivity contribution in [2.75, 3.05) is 11.9 Å². The van der Waals surface area contributed by atoms with Crippen molar-refractivity contribution in [3.8, 4) is 0 Å². The molecule has 0 fully saturated rings. The van der Waals surface area contributed by atoms with E-state index in [4.69, 9.17) is 5.73 Å². The minimum absolute atomic E-state index is 0.0312. The predicted octanol–water partition coefficient (Wildman–Crippen LogP) is 1.43. The molecule has 0 atom stereocenters. The Kier molecular flexibility index (Phi) is 3.56. The van der Waals surface area contributed by atoms with Crippen LogP contribution in [-0.2, 0) is 4.79 Å². The minimum Gasteiger partial charge on any atom is -0.370 e. The third-order valence-electron chi connectivity index (χ3n) is 2.56. The summed E-state index contributed by atoms with van der Waals surface area (Å²) < 4.78 is 0. The first-order valence-electron chi connectivity index (χ1n) is 5.63. The molecular weight excluding hydrogens is 248 g/mol. The predicted molar refractivity (Wildman–Crippen MR) is 70.7 cm³/mol. The van der Waals surface area contributed by atoms with Crippen LogP contribution < -0.4 is 11.1 Å². The number of amides is 1. The molecule has 0 bridgehead atoms. The maximum absolute atomic E-state index is 10.6. The highest BCUT2D eigenvalue weighted by Crippen LogP contribution is 2.20. The first-order chi connectivity index (χ1) is 9.06. The fraction of sp³-hybridized carbons (Fsp3) is 0.167. The number of hydrogen-bond donors (Lipinski definition) is 2. The summed E-state index contributed by atoms with van der Waals surface area (Å²) in [5.74, 6) is 0.214. The van der Waals surface area contributed by atoms with Gasteiger partial charge in [-0.2, -0.15) is 0 Å². The van der Waals surface area contributed by atoms with Gasteiger partial charge in [0, 0.05) is 30.5 Å². The average molecular weight is 260 g/mol. The lowest BCUT2D eigenvalue weighted by atomic mass is 10.2. The number of nitrogens with two attached hydrogens (primary N) is 1. The quantitative estimate of drug-likeness (QED) is 0.624. The van der Waals surface area contributed by atoms with Gasteiger partial charge in [-0.3, -0.25) is 14.9 Å². The lowest BCUT2D eigenvalue weighted by Crippen LogP contribution is -2.16. The van der Waals surface area contributed by atoms with E-state index in [1.807, 2.05) is 0 Å². The number of rotatable bonds is 5. The number of aromatic nitrogens is 1. The van der Waals surface area contributed by atoms with Gasteiger partial charge in [-0.1, -0.05) is 0 Å². The summed E-state index contributed by atoms with van der Waals surface area (Å²) in [5, 5.41) is 14.3. The summed E-state index contributed by atoms with van der Waals surface area (Å²) in [6.07, 6.45) is 0.222. The normalized spacial score (nSPS) is 10.3. The fourth-order valence-corrected chi connectivity index (χ4v) is 1.64. The number of fused-ring (bicyclic) bond motifs is 1. The molecule has 2 aromatic rings. The SMILES string of the molecule is NC(=O)CCNc1ccc2cc([N+](=O)[O-])ccc2n1. The van der Waals surface area contributed by atoms with E-state index >= 15 is 0 Å². The van der Waals surface area contributed by atoms with Crippen LogP contribution in [0.2, 0.25) is 0 Å². The van der Waals surface area contributed by atoms with Crippen molar-refractivity contribution in [2.24, 2.45) is 5.73 Å². The second kappa shape index (κ2) is 5.30. The number of primary amides is 1. The van der Waals surface area contributed by atoms with Crippen LogP contribution in [0, 0.1) is 10.1 Å². The molecule has 0 saturated heterocycles. The van der Waals surface area contributed by atoms with Crippen LogP contribution in [0.3, 0.4) is 0 Å². The molecule has 0 saturated carbocycles. The number of nitrogens with one attached hydrogen (secondary N) is 1. The largest absolute Gasteiger partial charge is 0.370 e. The molecule has 3 N–H and O–H groups in total. The zero-order chi connectivity index (χ0) is 13.8.